The van der Waals surface area contributed by atoms with Crippen LogP contribution in [0.5, 0.6) is 11.5 Å². The summed E-state index contributed by atoms with van der Waals surface area (Å²) in [5.74, 6) is 0.731. The molecule has 6 nitrogen and oxygen atoms in total. The van der Waals surface area contributed by atoms with E-state index in [1.54, 1.807) is 31.4 Å². The van der Waals surface area contributed by atoms with E-state index in [2.05, 4.69) is 4.98 Å². The largest absolute Gasteiger partial charge is 0.493 e. The summed E-state index contributed by atoms with van der Waals surface area (Å²) in [6.45, 7) is 2.52. The van der Waals surface area contributed by atoms with Gasteiger partial charge in [-0.3, -0.25) is 9.59 Å². The molecule has 1 aromatic heterocycles. The summed E-state index contributed by atoms with van der Waals surface area (Å²) in [7, 11) is 1.59. The topological polar surface area (TPSA) is 74.7 Å². The van der Waals surface area contributed by atoms with Crippen molar-refractivity contribution in [1.82, 2.24) is 4.98 Å². The molecule has 0 atom stereocenters. The maximum atomic E-state index is 12.1. The van der Waals surface area contributed by atoms with Crippen molar-refractivity contribution in [2.24, 2.45) is 0 Å². The van der Waals surface area contributed by atoms with Crippen LogP contribution < -0.4 is 9.47 Å². The van der Waals surface area contributed by atoms with Crippen LogP contribution in [0.3, 0.4) is 0 Å². The molecule has 0 spiro atoms. The van der Waals surface area contributed by atoms with Gasteiger partial charge in [0.2, 0.25) is 0 Å². The molecule has 0 fully saturated rings. The molecule has 8 heteroatoms. The average Bonchev–Trinajstić information content (AvgIpc) is 3.26. The highest BCUT2D eigenvalue weighted by Gasteiger charge is 2.13. The van der Waals surface area contributed by atoms with Gasteiger partial charge in [0.1, 0.15) is 11.6 Å². The summed E-state index contributed by atoms with van der Waals surface area (Å²) in [6, 6.07) is 12.2. The second-order valence-corrected chi connectivity index (χ2v) is 7.83. The zero-order valence-corrected chi connectivity index (χ0v) is 18.8. The maximum Gasteiger partial charge on any atom is 0.306 e. The first-order chi connectivity index (χ1) is 15.0. The highest BCUT2D eigenvalue weighted by Crippen LogP contribution is 2.33. The minimum atomic E-state index is -0.445. The van der Waals surface area contributed by atoms with Gasteiger partial charge in [0, 0.05) is 28.0 Å². The van der Waals surface area contributed by atoms with Crippen molar-refractivity contribution >= 4 is 34.7 Å². The number of thiazole rings is 1. The van der Waals surface area contributed by atoms with Gasteiger partial charge in [-0.1, -0.05) is 11.6 Å². The SMILES string of the molecule is CCOc1ccc(-c2nc(COC(=O)CCC(=O)c3ccc(Cl)cc3)cs2)cc1OC. The van der Waals surface area contributed by atoms with E-state index in [0.29, 0.717) is 34.4 Å². The Hall–Kier alpha value is -2.90. The van der Waals surface area contributed by atoms with Crippen molar-refractivity contribution in [3.63, 3.8) is 0 Å². The van der Waals surface area contributed by atoms with Crippen LogP contribution in [0.4, 0.5) is 0 Å². The van der Waals surface area contributed by atoms with E-state index >= 15 is 0 Å². The van der Waals surface area contributed by atoms with Gasteiger partial charge in [0.05, 0.1) is 25.8 Å². The Morgan fingerprint density at radius 1 is 1.06 bits per heavy atom. The van der Waals surface area contributed by atoms with E-state index in [1.165, 1.54) is 11.3 Å². The monoisotopic (exact) mass is 459 g/mol. The number of esters is 1. The van der Waals surface area contributed by atoms with E-state index in [1.807, 2.05) is 30.5 Å². The summed E-state index contributed by atoms with van der Waals surface area (Å²) in [5, 5.41) is 3.18. The molecule has 0 aliphatic heterocycles. The van der Waals surface area contributed by atoms with Gasteiger partial charge in [-0.15, -0.1) is 11.3 Å². The third kappa shape index (κ3) is 6.29. The third-order valence-corrected chi connectivity index (χ3v) is 5.56. The molecular weight excluding hydrogens is 438 g/mol. The van der Waals surface area contributed by atoms with E-state index in [4.69, 9.17) is 25.8 Å². The number of hydrogen-bond donors (Lipinski definition) is 0. The molecule has 162 valence electrons. The minimum absolute atomic E-state index is 0.00848. The molecule has 2 aromatic carbocycles. The lowest BCUT2D eigenvalue weighted by Gasteiger charge is -2.09. The normalized spacial score (nSPS) is 10.5. The fraction of sp³-hybridized carbons (Fsp3) is 0.261. The van der Waals surface area contributed by atoms with Gasteiger partial charge in [-0.05, 0) is 49.4 Å². The first-order valence-electron chi connectivity index (χ1n) is 9.70. The van der Waals surface area contributed by atoms with Gasteiger partial charge in [-0.2, -0.15) is 0 Å². The molecule has 3 aromatic rings. The number of hydrogen-bond acceptors (Lipinski definition) is 7. The maximum absolute atomic E-state index is 12.1. The molecule has 0 N–H and O–H groups in total. The number of aromatic nitrogens is 1. The third-order valence-electron chi connectivity index (χ3n) is 4.37. The number of ether oxygens (including phenoxy) is 3. The van der Waals surface area contributed by atoms with Crippen LogP contribution in [0.25, 0.3) is 10.6 Å². The van der Waals surface area contributed by atoms with Crippen molar-refractivity contribution in [3.05, 3.63) is 64.1 Å². The highest BCUT2D eigenvalue weighted by atomic mass is 35.5. The zero-order chi connectivity index (χ0) is 22.2. The predicted octanol–water partition coefficient (Wildman–Crippen LogP) is 5.58. The molecule has 0 aliphatic rings. The number of ketones is 1. The van der Waals surface area contributed by atoms with Crippen molar-refractivity contribution in [2.75, 3.05) is 13.7 Å². The van der Waals surface area contributed by atoms with Gasteiger partial charge in [0.25, 0.3) is 0 Å². The Labute approximate surface area is 189 Å². The zero-order valence-electron chi connectivity index (χ0n) is 17.2. The Balaban J connectivity index is 1.52. The lowest BCUT2D eigenvalue weighted by molar-refractivity contribution is -0.145. The van der Waals surface area contributed by atoms with Gasteiger partial charge in [-0.25, -0.2) is 4.98 Å². The summed E-state index contributed by atoms with van der Waals surface area (Å²) in [6.07, 6.45) is 0.0866. The van der Waals surface area contributed by atoms with Gasteiger partial charge < -0.3 is 14.2 Å². The molecule has 0 aliphatic carbocycles. The van der Waals surface area contributed by atoms with Gasteiger partial charge in [0.15, 0.2) is 17.3 Å². The Bertz CT molecular complexity index is 1050. The van der Waals surface area contributed by atoms with Crippen LogP contribution in [-0.4, -0.2) is 30.5 Å². The molecule has 0 radical (unpaired) electrons. The number of rotatable bonds is 10. The molecule has 0 bridgehead atoms. The molecular formula is C23H22ClNO5S. The molecule has 0 unspecified atom stereocenters. The summed E-state index contributed by atoms with van der Waals surface area (Å²) in [5.41, 5.74) is 2.05. The Morgan fingerprint density at radius 2 is 1.84 bits per heavy atom. The van der Waals surface area contributed by atoms with Gasteiger partial charge >= 0.3 is 5.97 Å². The van der Waals surface area contributed by atoms with Crippen LogP contribution in [0.15, 0.2) is 47.8 Å². The second kappa shape index (κ2) is 10.9. The number of methoxy groups -OCH3 is 1. The van der Waals surface area contributed by atoms with Crippen LogP contribution in [0.1, 0.15) is 35.8 Å². The quantitative estimate of drug-likeness (QED) is 0.291. The van der Waals surface area contributed by atoms with E-state index < -0.39 is 5.97 Å². The second-order valence-electron chi connectivity index (χ2n) is 6.53. The van der Waals surface area contributed by atoms with E-state index in [-0.39, 0.29) is 25.2 Å². The van der Waals surface area contributed by atoms with Crippen molar-refractivity contribution in [3.8, 4) is 22.1 Å². The molecule has 0 amide bonds. The number of benzene rings is 2. The van der Waals surface area contributed by atoms with Crippen LogP contribution in [0.2, 0.25) is 5.02 Å². The number of halogens is 1. The summed E-state index contributed by atoms with van der Waals surface area (Å²) >= 11 is 7.26. The predicted molar refractivity (Wildman–Crippen MR) is 120 cm³/mol. The Morgan fingerprint density at radius 3 is 2.55 bits per heavy atom. The fourth-order valence-electron chi connectivity index (χ4n) is 2.80. The number of Topliss-reactive ketones (excluding diaryl/α,β-unsaturated/α-hetero) is 1. The molecule has 31 heavy (non-hydrogen) atoms. The molecule has 0 saturated carbocycles. The first kappa shape index (κ1) is 22.8. The van der Waals surface area contributed by atoms with Crippen LogP contribution in [-0.2, 0) is 16.1 Å². The number of nitrogens with zero attached hydrogens (tertiary/aromatic N) is 1. The standard InChI is InChI=1S/C23H22ClNO5S/c1-3-29-20-10-6-16(12-21(20)28-2)23-25-18(14-31-23)13-30-22(27)11-9-19(26)15-4-7-17(24)8-5-15/h4-8,10,12,14H,3,9,11,13H2,1-2H3. The smallest absolute Gasteiger partial charge is 0.306 e. The first-order valence-corrected chi connectivity index (χ1v) is 11.0. The van der Waals surface area contributed by atoms with Crippen molar-refractivity contribution in [2.45, 2.75) is 26.4 Å². The Kier molecular flexibility index (Phi) is 8.03. The summed E-state index contributed by atoms with van der Waals surface area (Å²) in [4.78, 5) is 28.7. The lowest BCUT2D eigenvalue weighted by atomic mass is 10.1. The minimum Gasteiger partial charge on any atom is -0.493 e. The molecule has 3 rings (SSSR count). The van der Waals surface area contributed by atoms with Crippen LogP contribution >= 0.6 is 22.9 Å². The average molecular weight is 460 g/mol. The fourth-order valence-corrected chi connectivity index (χ4v) is 3.73. The molecule has 1 heterocycles. The lowest BCUT2D eigenvalue weighted by Crippen LogP contribution is -2.08. The number of carbonyl (C=O) groups is 2. The summed E-state index contributed by atoms with van der Waals surface area (Å²) < 4.78 is 16.2. The van der Waals surface area contributed by atoms with Crippen molar-refractivity contribution in [1.29, 1.82) is 0 Å². The number of carbonyl (C=O) groups excluding carboxylic acids is 2. The van der Waals surface area contributed by atoms with Crippen LogP contribution in [0, 0.1) is 0 Å². The van der Waals surface area contributed by atoms with E-state index in [0.717, 1.165) is 10.6 Å². The van der Waals surface area contributed by atoms with Crippen molar-refractivity contribution < 1.29 is 23.8 Å². The van der Waals surface area contributed by atoms with E-state index in [9.17, 15) is 9.59 Å². The highest BCUT2D eigenvalue weighted by molar-refractivity contribution is 7.13. The molecule has 0 saturated heterocycles.